The number of carbonyl (C=O) groups excluding carboxylic acids is 2. The van der Waals surface area contributed by atoms with Gasteiger partial charge in [0.05, 0.1) is 12.2 Å². The lowest BCUT2D eigenvalue weighted by Crippen LogP contribution is -2.54. The van der Waals surface area contributed by atoms with Crippen LogP contribution in [0.2, 0.25) is 0 Å². The minimum absolute atomic E-state index is 0.0280. The summed E-state index contributed by atoms with van der Waals surface area (Å²) < 4.78 is 41.0. The monoisotopic (exact) mass is 464 g/mol. The van der Waals surface area contributed by atoms with Crippen LogP contribution in [-0.2, 0) is 30.8 Å². The molecular weight excluding hydrogens is 443 g/mol. The Labute approximate surface area is 191 Å². The van der Waals surface area contributed by atoms with Gasteiger partial charge in [-0.25, -0.2) is 12.8 Å². The SMILES string of the molecule is Cc1cc(C)cc(N2C(=O)CS(=O)(=O)[C@]23C(=O)N(Cc2cccc(F)c2)c2ccccc23)c1. The summed E-state index contributed by atoms with van der Waals surface area (Å²) in [6.45, 7) is 3.66. The molecule has 168 valence electrons. The fraction of sp³-hybridized carbons (Fsp3) is 0.200. The molecule has 2 amide bonds. The Hall–Kier alpha value is -3.52. The predicted octanol–water partition coefficient (Wildman–Crippen LogP) is 3.60. The summed E-state index contributed by atoms with van der Waals surface area (Å²) in [6, 6.07) is 17.7. The van der Waals surface area contributed by atoms with Crippen molar-refractivity contribution >= 4 is 33.0 Å². The first kappa shape index (κ1) is 21.3. The van der Waals surface area contributed by atoms with Crippen LogP contribution in [0, 0.1) is 19.7 Å². The molecule has 5 rings (SSSR count). The highest BCUT2D eigenvalue weighted by molar-refractivity contribution is 7.94. The Morgan fingerprint density at radius 2 is 1.64 bits per heavy atom. The number of aryl methyl sites for hydroxylation is 2. The van der Waals surface area contributed by atoms with E-state index in [1.54, 1.807) is 42.5 Å². The van der Waals surface area contributed by atoms with Gasteiger partial charge in [0.15, 0.2) is 9.84 Å². The Kier molecular flexibility index (Phi) is 4.68. The van der Waals surface area contributed by atoms with Crippen molar-refractivity contribution in [2.45, 2.75) is 25.3 Å². The number of hydrogen-bond acceptors (Lipinski definition) is 4. The van der Waals surface area contributed by atoms with E-state index in [2.05, 4.69) is 0 Å². The molecule has 0 aliphatic carbocycles. The van der Waals surface area contributed by atoms with Crippen molar-refractivity contribution in [3.8, 4) is 0 Å². The molecule has 0 radical (unpaired) electrons. The molecular formula is C25H21FN2O4S. The maximum Gasteiger partial charge on any atom is 0.274 e. The van der Waals surface area contributed by atoms with E-state index in [9.17, 15) is 22.4 Å². The first-order valence-corrected chi connectivity index (χ1v) is 12.1. The van der Waals surface area contributed by atoms with Crippen LogP contribution in [-0.4, -0.2) is 26.0 Å². The number of benzene rings is 3. The molecule has 6 nitrogen and oxygen atoms in total. The van der Waals surface area contributed by atoms with Gasteiger partial charge in [0.25, 0.3) is 10.8 Å². The topological polar surface area (TPSA) is 74.8 Å². The Bertz CT molecular complexity index is 1420. The molecule has 3 aromatic rings. The number of fused-ring (bicyclic) bond motifs is 2. The van der Waals surface area contributed by atoms with Crippen molar-refractivity contribution in [1.82, 2.24) is 0 Å². The molecule has 1 spiro atoms. The van der Waals surface area contributed by atoms with Crippen molar-refractivity contribution in [2.75, 3.05) is 15.6 Å². The van der Waals surface area contributed by atoms with Crippen LogP contribution in [0.25, 0.3) is 0 Å². The standard InChI is InChI=1S/C25H21FN2O4S/c1-16-10-17(2)12-20(11-16)28-23(29)15-33(31,32)25(28)21-8-3-4-9-22(21)27(24(25)30)14-18-6-5-7-19(26)13-18/h3-13H,14-15H2,1-2H3/t25-/m1/s1. The zero-order valence-corrected chi connectivity index (χ0v) is 18.9. The molecule has 0 saturated carbocycles. The number of rotatable bonds is 3. The van der Waals surface area contributed by atoms with E-state index in [-0.39, 0.29) is 12.1 Å². The summed E-state index contributed by atoms with van der Waals surface area (Å²) in [5.41, 5.74) is 3.17. The van der Waals surface area contributed by atoms with Gasteiger partial charge in [0.1, 0.15) is 11.6 Å². The molecule has 0 unspecified atom stereocenters. The average molecular weight is 465 g/mol. The number of anilines is 2. The molecule has 2 aliphatic heterocycles. The van der Waals surface area contributed by atoms with E-state index in [0.717, 1.165) is 16.0 Å². The number of halogens is 1. The Morgan fingerprint density at radius 1 is 0.939 bits per heavy atom. The first-order valence-electron chi connectivity index (χ1n) is 10.4. The second-order valence-electron chi connectivity index (χ2n) is 8.52. The molecule has 1 saturated heterocycles. The molecule has 1 atom stereocenters. The lowest BCUT2D eigenvalue weighted by Gasteiger charge is -2.33. The van der Waals surface area contributed by atoms with Crippen molar-refractivity contribution < 1.29 is 22.4 Å². The second kappa shape index (κ2) is 7.25. The molecule has 2 heterocycles. The molecule has 3 aromatic carbocycles. The number of amides is 2. The van der Waals surface area contributed by atoms with Crippen molar-refractivity contribution in [3.05, 3.63) is 94.8 Å². The number of carbonyl (C=O) groups is 2. The van der Waals surface area contributed by atoms with Gasteiger partial charge in [-0.15, -0.1) is 0 Å². The average Bonchev–Trinajstić information content (AvgIpc) is 3.10. The smallest absolute Gasteiger partial charge is 0.274 e. The maximum atomic E-state index is 14.0. The minimum atomic E-state index is -4.24. The van der Waals surface area contributed by atoms with E-state index in [4.69, 9.17) is 0 Å². The molecule has 0 aromatic heterocycles. The number of para-hydroxylation sites is 1. The lowest BCUT2D eigenvalue weighted by molar-refractivity contribution is -0.123. The zero-order valence-electron chi connectivity index (χ0n) is 18.1. The van der Waals surface area contributed by atoms with E-state index in [0.29, 0.717) is 16.9 Å². The summed E-state index contributed by atoms with van der Waals surface area (Å²) in [6.07, 6.45) is 0. The largest absolute Gasteiger partial charge is 0.304 e. The van der Waals surface area contributed by atoms with E-state index in [1.165, 1.54) is 23.1 Å². The van der Waals surface area contributed by atoms with Crippen LogP contribution in [0.4, 0.5) is 15.8 Å². The van der Waals surface area contributed by atoms with Gasteiger partial charge in [-0.05, 0) is 60.9 Å². The predicted molar refractivity (Wildman–Crippen MR) is 123 cm³/mol. The van der Waals surface area contributed by atoms with Crippen LogP contribution < -0.4 is 9.80 Å². The van der Waals surface area contributed by atoms with Gasteiger partial charge in [0, 0.05) is 11.3 Å². The van der Waals surface area contributed by atoms with Crippen LogP contribution >= 0.6 is 0 Å². The third kappa shape index (κ3) is 3.01. The number of nitrogens with zero attached hydrogens (tertiary/aromatic N) is 2. The van der Waals surface area contributed by atoms with Gasteiger partial charge in [-0.1, -0.05) is 36.4 Å². The summed E-state index contributed by atoms with van der Waals surface area (Å²) >= 11 is 0. The second-order valence-corrected chi connectivity index (χ2v) is 10.6. The third-order valence-corrected chi connectivity index (χ3v) is 8.22. The normalized spacial score (nSPS) is 21.2. The van der Waals surface area contributed by atoms with Crippen molar-refractivity contribution in [3.63, 3.8) is 0 Å². The van der Waals surface area contributed by atoms with Crippen LogP contribution in [0.5, 0.6) is 0 Å². The highest BCUT2D eigenvalue weighted by Crippen LogP contribution is 2.52. The Morgan fingerprint density at radius 3 is 2.33 bits per heavy atom. The lowest BCUT2D eigenvalue weighted by atomic mass is 10.0. The number of sulfone groups is 1. The van der Waals surface area contributed by atoms with Crippen LogP contribution in [0.15, 0.2) is 66.7 Å². The Balaban J connectivity index is 1.75. The fourth-order valence-electron chi connectivity index (χ4n) is 4.95. The van der Waals surface area contributed by atoms with Crippen molar-refractivity contribution in [2.24, 2.45) is 0 Å². The van der Waals surface area contributed by atoms with E-state index < -0.39 is 38.1 Å². The highest BCUT2D eigenvalue weighted by Gasteiger charge is 2.69. The van der Waals surface area contributed by atoms with Gasteiger partial charge < -0.3 is 4.90 Å². The molecule has 8 heteroatoms. The van der Waals surface area contributed by atoms with Crippen LogP contribution in [0.3, 0.4) is 0 Å². The zero-order chi connectivity index (χ0) is 23.5. The van der Waals surface area contributed by atoms with Gasteiger partial charge in [0.2, 0.25) is 5.91 Å². The summed E-state index contributed by atoms with van der Waals surface area (Å²) in [5.74, 6) is -2.62. The molecule has 0 N–H and O–H groups in total. The van der Waals surface area contributed by atoms with Gasteiger partial charge in [-0.3, -0.25) is 14.5 Å². The molecule has 2 aliphatic rings. The quantitative estimate of drug-likeness (QED) is 0.594. The fourth-order valence-corrected chi connectivity index (χ4v) is 6.98. The first-order chi connectivity index (χ1) is 15.6. The summed E-state index contributed by atoms with van der Waals surface area (Å²) in [7, 11) is -4.24. The van der Waals surface area contributed by atoms with E-state index >= 15 is 0 Å². The summed E-state index contributed by atoms with van der Waals surface area (Å²) in [4.78, 5) is 27.5. The molecule has 1 fully saturated rings. The highest BCUT2D eigenvalue weighted by atomic mass is 32.2. The van der Waals surface area contributed by atoms with Crippen molar-refractivity contribution in [1.29, 1.82) is 0 Å². The van der Waals surface area contributed by atoms with Gasteiger partial charge in [-0.2, -0.15) is 0 Å². The van der Waals surface area contributed by atoms with E-state index in [1.807, 2.05) is 19.9 Å². The maximum absolute atomic E-state index is 14.0. The number of hydrogen-bond donors (Lipinski definition) is 0. The summed E-state index contributed by atoms with van der Waals surface area (Å²) in [5, 5.41) is 0. The van der Waals surface area contributed by atoms with Crippen LogP contribution in [0.1, 0.15) is 22.3 Å². The molecule has 33 heavy (non-hydrogen) atoms. The molecule has 0 bridgehead atoms. The minimum Gasteiger partial charge on any atom is -0.304 e. The third-order valence-electron chi connectivity index (χ3n) is 6.12. The van der Waals surface area contributed by atoms with Gasteiger partial charge >= 0.3 is 0 Å².